The molecular formula is C22H58N12. The van der Waals surface area contributed by atoms with Crippen molar-refractivity contribution in [3.8, 4) is 0 Å². The molecule has 34 heavy (non-hydrogen) atoms. The van der Waals surface area contributed by atoms with E-state index in [4.69, 9.17) is 22.9 Å². The van der Waals surface area contributed by atoms with Gasteiger partial charge in [0.05, 0.1) is 0 Å². The van der Waals surface area contributed by atoms with E-state index in [1.54, 1.807) is 0 Å². The van der Waals surface area contributed by atoms with Gasteiger partial charge >= 0.3 is 0 Å². The maximum atomic E-state index is 5.74. The lowest BCUT2D eigenvalue weighted by molar-refractivity contribution is 0.209. The third kappa shape index (κ3) is 24.6. The van der Waals surface area contributed by atoms with Gasteiger partial charge in [-0.15, -0.1) is 0 Å². The number of nitrogens with zero attached hydrogens (tertiary/aromatic N) is 2. The highest BCUT2D eigenvalue weighted by Gasteiger charge is 2.08. The van der Waals surface area contributed by atoms with E-state index in [1.807, 2.05) is 0 Å². The molecule has 0 spiro atoms. The van der Waals surface area contributed by atoms with Crippen molar-refractivity contribution < 1.29 is 0 Å². The third-order valence-electron chi connectivity index (χ3n) is 5.39. The Kier molecular flexibility index (Phi) is 28.3. The largest absolute Gasteiger partial charge is 0.329 e. The molecule has 0 radical (unpaired) electrons. The monoisotopic (exact) mass is 490 g/mol. The van der Waals surface area contributed by atoms with E-state index in [9.17, 15) is 0 Å². The Balaban J connectivity index is 3.72. The van der Waals surface area contributed by atoms with Crippen LogP contribution in [0.4, 0.5) is 0 Å². The van der Waals surface area contributed by atoms with Gasteiger partial charge in [-0.05, 0) is 0 Å². The maximum absolute atomic E-state index is 5.74. The lowest BCUT2D eigenvalue weighted by Crippen LogP contribution is -2.44. The molecule has 0 aromatic rings. The summed E-state index contributed by atoms with van der Waals surface area (Å²) < 4.78 is 0. The van der Waals surface area contributed by atoms with Crippen molar-refractivity contribution in [2.45, 2.75) is 0 Å². The average molecular weight is 491 g/mol. The molecule has 12 heteroatoms. The minimum atomic E-state index is 0.673. The molecular weight excluding hydrogens is 432 g/mol. The van der Waals surface area contributed by atoms with Gasteiger partial charge in [-0.3, -0.25) is 9.80 Å². The van der Waals surface area contributed by atoms with E-state index >= 15 is 0 Å². The fourth-order valence-corrected chi connectivity index (χ4v) is 3.45. The smallest absolute Gasteiger partial charge is 0.0110 e. The van der Waals surface area contributed by atoms with E-state index in [0.717, 1.165) is 118 Å². The Morgan fingerprint density at radius 3 is 0.941 bits per heavy atom. The van der Waals surface area contributed by atoms with E-state index in [2.05, 4.69) is 41.7 Å². The van der Waals surface area contributed by atoms with Crippen LogP contribution in [0.25, 0.3) is 0 Å². The second-order valence-electron chi connectivity index (χ2n) is 8.34. The Morgan fingerprint density at radius 1 is 0.294 bits per heavy atom. The summed E-state index contributed by atoms with van der Waals surface area (Å²) in [6.07, 6.45) is 0. The van der Waals surface area contributed by atoms with Crippen LogP contribution in [-0.2, 0) is 0 Å². The number of hydrogen-bond donors (Lipinski definition) is 10. The van der Waals surface area contributed by atoms with Crippen LogP contribution in [0.15, 0.2) is 0 Å². The van der Waals surface area contributed by atoms with Crippen molar-refractivity contribution in [1.29, 1.82) is 0 Å². The Labute approximate surface area is 209 Å². The van der Waals surface area contributed by atoms with Gasteiger partial charge in [0.2, 0.25) is 0 Å². The molecule has 0 aromatic carbocycles. The van der Waals surface area contributed by atoms with Crippen molar-refractivity contribution in [2.75, 3.05) is 144 Å². The summed E-state index contributed by atoms with van der Waals surface area (Å²) in [5, 5.41) is 20.5. The molecule has 0 rings (SSSR count). The zero-order chi connectivity index (χ0) is 25.0. The van der Waals surface area contributed by atoms with Gasteiger partial charge in [0, 0.05) is 144 Å². The van der Waals surface area contributed by atoms with Crippen LogP contribution in [0, 0.1) is 0 Å². The van der Waals surface area contributed by atoms with Gasteiger partial charge in [0.1, 0.15) is 0 Å². The zero-order valence-corrected chi connectivity index (χ0v) is 21.8. The van der Waals surface area contributed by atoms with Crippen molar-refractivity contribution in [2.24, 2.45) is 22.9 Å². The van der Waals surface area contributed by atoms with Gasteiger partial charge < -0.3 is 54.8 Å². The highest BCUT2D eigenvalue weighted by Crippen LogP contribution is 1.92. The van der Waals surface area contributed by atoms with Gasteiger partial charge in [-0.2, -0.15) is 0 Å². The number of hydrogen-bond acceptors (Lipinski definition) is 12. The van der Waals surface area contributed by atoms with Crippen LogP contribution >= 0.6 is 0 Å². The van der Waals surface area contributed by atoms with E-state index in [0.29, 0.717) is 26.2 Å². The van der Waals surface area contributed by atoms with Gasteiger partial charge in [-0.25, -0.2) is 0 Å². The minimum absolute atomic E-state index is 0.673. The summed E-state index contributed by atoms with van der Waals surface area (Å²) in [4.78, 5) is 4.85. The minimum Gasteiger partial charge on any atom is -0.329 e. The van der Waals surface area contributed by atoms with E-state index in [1.165, 1.54) is 0 Å². The molecule has 0 unspecified atom stereocenters. The lowest BCUT2D eigenvalue weighted by Gasteiger charge is -2.27. The number of nitrogens with one attached hydrogen (secondary N) is 6. The van der Waals surface area contributed by atoms with Gasteiger partial charge in [-0.1, -0.05) is 0 Å². The molecule has 0 atom stereocenters. The standard InChI is InChI=1S/C22H58N12/c23-1-5-27-7-8-29-9-10-30-11-12-31-13-14-32-16-20-34(19-15-28-6-2-24)22-21-33(17-3-25)18-4-26/h27-32H,1-26H2. The summed E-state index contributed by atoms with van der Waals surface area (Å²) in [6.45, 7) is 20.1. The van der Waals surface area contributed by atoms with Crippen LogP contribution in [0.2, 0.25) is 0 Å². The van der Waals surface area contributed by atoms with Crippen LogP contribution < -0.4 is 54.8 Å². The molecule has 12 nitrogen and oxygen atoms in total. The molecule has 0 aromatic heterocycles. The first-order valence-electron chi connectivity index (χ1n) is 13.3. The molecule has 206 valence electrons. The highest BCUT2D eigenvalue weighted by atomic mass is 15.2. The second kappa shape index (κ2) is 28.8. The van der Waals surface area contributed by atoms with Crippen molar-refractivity contribution in [3.05, 3.63) is 0 Å². The summed E-state index contributed by atoms with van der Waals surface area (Å²) >= 11 is 0. The van der Waals surface area contributed by atoms with Crippen LogP contribution in [0.3, 0.4) is 0 Å². The topological polar surface area (TPSA) is 183 Å². The fraction of sp³-hybridized carbons (Fsp3) is 1.00. The molecule has 0 amide bonds. The molecule has 0 saturated carbocycles. The maximum Gasteiger partial charge on any atom is 0.0110 e. The van der Waals surface area contributed by atoms with Crippen LogP contribution in [-0.4, -0.2) is 154 Å². The summed E-state index contributed by atoms with van der Waals surface area (Å²) in [5.74, 6) is 0. The van der Waals surface area contributed by atoms with Crippen molar-refractivity contribution in [1.82, 2.24) is 41.7 Å². The predicted octanol–water partition coefficient (Wildman–Crippen LogP) is -5.04. The summed E-state index contributed by atoms with van der Waals surface area (Å²) in [5.41, 5.74) is 22.5. The summed E-state index contributed by atoms with van der Waals surface area (Å²) in [7, 11) is 0. The second-order valence-corrected chi connectivity index (χ2v) is 8.34. The fourth-order valence-electron chi connectivity index (χ4n) is 3.45. The quantitative estimate of drug-likeness (QED) is 0.0451. The zero-order valence-electron chi connectivity index (χ0n) is 21.8. The van der Waals surface area contributed by atoms with Crippen molar-refractivity contribution in [3.63, 3.8) is 0 Å². The Bertz CT molecular complexity index is 372. The van der Waals surface area contributed by atoms with Gasteiger partial charge in [0.15, 0.2) is 0 Å². The van der Waals surface area contributed by atoms with Crippen LogP contribution in [0.5, 0.6) is 0 Å². The normalized spacial score (nSPS) is 11.8. The first-order valence-corrected chi connectivity index (χ1v) is 13.3. The first-order chi connectivity index (χ1) is 16.8. The van der Waals surface area contributed by atoms with Crippen molar-refractivity contribution >= 4 is 0 Å². The molecule has 0 bridgehead atoms. The molecule has 0 saturated heterocycles. The molecule has 0 heterocycles. The summed E-state index contributed by atoms with van der Waals surface area (Å²) in [6, 6.07) is 0. The third-order valence-corrected chi connectivity index (χ3v) is 5.39. The molecule has 0 aliphatic rings. The Hall–Kier alpha value is -0.480. The van der Waals surface area contributed by atoms with Crippen LogP contribution in [0.1, 0.15) is 0 Å². The number of rotatable bonds is 29. The predicted molar refractivity (Wildman–Crippen MR) is 146 cm³/mol. The van der Waals surface area contributed by atoms with E-state index in [-0.39, 0.29) is 0 Å². The molecule has 0 aliphatic heterocycles. The van der Waals surface area contributed by atoms with E-state index < -0.39 is 0 Å². The number of nitrogens with two attached hydrogens (primary N) is 4. The first kappa shape index (κ1) is 33.5. The molecule has 0 fully saturated rings. The lowest BCUT2D eigenvalue weighted by atomic mass is 10.3. The SMILES string of the molecule is NCCNCCNCCNCCNCCNCCN(CCNCCN)CCN(CCN)CCN. The molecule has 14 N–H and O–H groups in total. The molecule has 0 aliphatic carbocycles. The Morgan fingerprint density at radius 2 is 0.588 bits per heavy atom. The highest BCUT2D eigenvalue weighted by molar-refractivity contribution is 4.67. The van der Waals surface area contributed by atoms with Gasteiger partial charge in [0.25, 0.3) is 0 Å². The average Bonchev–Trinajstić information content (AvgIpc) is 2.84.